The third-order valence-corrected chi connectivity index (χ3v) is 3.07. The van der Waals surface area contributed by atoms with Crippen LogP contribution in [0.25, 0.3) is 0 Å². The van der Waals surface area contributed by atoms with Gasteiger partial charge in [-0.05, 0) is 24.6 Å². The van der Waals surface area contributed by atoms with E-state index in [1.165, 1.54) is 18.3 Å². The van der Waals surface area contributed by atoms with Crippen molar-refractivity contribution in [3.8, 4) is 0 Å². The van der Waals surface area contributed by atoms with Gasteiger partial charge in [-0.15, -0.1) is 11.6 Å². The highest BCUT2D eigenvalue weighted by molar-refractivity contribution is 6.17. The predicted octanol–water partition coefficient (Wildman–Crippen LogP) is 3.12. The van der Waals surface area contributed by atoms with Crippen LogP contribution in [0.3, 0.4) is 0 Å². The summed E-state index contributed by atoms with van der Waals surface area (Å²) in [5.74, 6) is -0.168. The summed E-state index contributed by atoms with van der Waals surface area (Å²) < 4.78 is 17.8. The van der Waals surface area contributed by atoms with Gasteiger partial charge in [-0.2, -0.15) is 0 Å². The SMILES string of the molecule is CCOC(=O)c1cnc(Cc2ccc(F)cc2)nc1CCl. The van der Waals surface area contributed by atoms with Gasteiger partial charge in [0.1, 0.15) is 17.2 Å². The van der Waals surface area contributed by atoms with Gasteiger partial charge in [-0.1, -0.05) is 12.1 Å². The maximum absolute atomic E-state index is 12.9. The number of carbonyl (C=O) groups excluding carboxylic acids is 1. The van der Waals surface area contributed by atoms with Crippen molar-refractivity contribution in [2.75, 3.05) is 6.61 Å². The van der Waals surface area contributed by atoms with Crippen LogP contribution in [0.15, 0.2) is 30.5 Å². The molecule has 1 aromatic heterocycles. The summed E-state index contributed by atoms with van der Waals surface area (Å²) in [5, 5.41) is 0. The molecule has 0 aliphatic rings. The fourth-order valence-electron chi connectivity index (χ4n) is 1.81. The Balaban J connectivity index is 2.22. The summed E-state index contributed by atoms with van der Waals surface area (Å²) in [7, 11) is 0. The van der Waals surface area contributed by atoms with Crippen LogP contribution in [0.2, 0.25) is 0 Å². The van der Waals surface area contributed by atoms with Crippen molar-refractivity contribution in [2.24, 2.45) is 0 Å². The second-order valence-electron chi connectivity index (χ2n) is 4.30. The zero-order valence-corrected chi connectivity index (χ0v) is 12.2. The van der Waals surface area contributed by atoms with E-state index < -0.39 is 5.97 Å². The Bertz CT molecular complexity index is 632. The summed E-state index contributed by atoms with van der Waals surface area (Å²) in [6.45, 7) is 2.00. The summed E-state index contributed by atoms with van der Waals surface area (Å²) in [5.41, 5.74) is 1.58. The van der Waals surface area contributed by atoms with Crippen LogP contribution in [0, 0.1) is 5.82 Å². The van der Waals surface area contributed by atoms with Crippen LogP contribution in [0.5, 0.6) is 0 Å². The van der Waals surface area contributed by atoms with Crippen molar-refractivity contribution in [1.29, 1.82) is 0 Å². The molecule has 0 spiro atoms. The molecule has 0 aliphatic heterocycles. The van der Waals surface area contributed by atoms with Crippen molar-refractivity contribution in [1.82, 2.24) is 9.97 Å². The van der Waals surface area contributed by atoms with Gasteiger partial charge in [-0.3, -0.25) is 0 Å². The molecule has 0 radical (unpaired) electrons. The largest absolute Gasteiger partial charge is 0.462 e. The Hall–Kier alpha value is -2.01. The standard InChI is InChI=1S/C15H14ClFN2O2/c1-2-21-15(20)12-9-18-14(19-13(12)8-16)7-10-3-5-11(17)6-4-10/h3-6,9H,2,7-8H2,1H3. The molecule has 21 heavy (non-hydrogen) atoms. The molecule has 0 N–H and O–H groups in total. The molecule has 0 aliphatic carbocycles. The number of esters is 1. The number of halogens is 2. The zero-order chi connectivity index (χ0) is 15.2. The number of benzene rings is 1. The Morgan fingerprint density at radius 3 is 2.67 bits per heavy atom. The average Bonchev–Trinajstić information content (AvgIpc) is 2.49. The van der Waals surface area contributed by atoms with E-state index in [1.54, 1.807) is 19.1 Å². The van der Waals surface area contributed by atoms with Gasteiger partial charge in [0.25, 0.3) is 0 Å². The fraction of sp³-hybridized carbons (Fsp3) is 0.267. The average molecular weight is 309 g/mol. The Morgan fingerprint density at radius 2 is 2.05 bits per heavy atom. The second kappa shape index (κ2) is 7.13. The van der Waals surface area contributed by atoms with Crippen LogP contribution in [0.1, 0.15) is 34.4 Å². The van der Waals surface area contributed by atoms with Crippen molar-refractivity contribution in [3.63, 3.8) is 0 Å². The second-order valence-corrected chi connectivity index (χ2v) is 4.57. The minimum atomic E-state index is -0.485. The first kappa shape index (κ1) is 15.4. The van der Waals surface area contributed by atoms with E-state index >= 15 is 0 Å². The number of hydrogen-bond donors (Lipinski definition) is 0. The molecule has 0 saturated carbocycles. The topological polar surface area (TPSA) is 52.1 Å². The minimum absolute atomic E-state index is 0.0904. The van der Waals surface area contributed by atoms with Gasteiger partial charge < -0.3 is 4.74 Å². The van der Waals surface area contributed by atoms with Crippen molar-refractivity contribution in [3.05, 3.63) is 58.9 Å². The lowest BCUT2D eigenvalue weighted by atomic mass is 10.1. The number of alkyl halides is 1. The highest BCUT2D eigenvalue weighted by Gasteiger charge is 2.15. The molecule has 2 rings (SSSR count). The highest BCUT2D eigenvalue weighted by atomic mass is 35.5. The van der Waals surface area contributed by atoms with E-state index in [4.69, 9.17) is 16.3 Å². The molecule has 0 atom stereocenters. The van der Waals surface area contributed by atoms with Crippen LogP contribution >= 0.6 is 11.6 Å². The number of nitrogens with zero attached hydrogens (tertiary/aromatic N) is 2. The molecule has 0 saturated heterocycles. The first-order valence-electron chi connectivity index (χ1n) is 6.46. The van der Waals surface area contributed by atoms with E-state index in [0.29, 0.717) is 17.9 Å². The van der Waals surface area contributed by atoms with Gasteiger partial charge in [0.2, 0.25) is 0 Å². The summed E-state index contributed by atoms with van der Waals surface area (Å²) >= 11 is 5.82. The van der Waals surface area contributed by atoms with Crippen molar-refractivity contribution in [2.45, 2.75) is 19.2 Å². The summed E-state index contributed by atoms with van der Waals surface area (Å²) in [6, 6.07) is 6.09. The van der Waals surface area contributed by atoms with E-state index in [9.17, 15) is 9.18 Å². The van der Waals surface area contributed by atoms with Gasteiger partial charge >= 0.3 is 5.97 Å². The minimum Gasteiger partial charge on any atom is -0.462 e. The molecule has 2 aromatic rings. The third-order valence-electron chi connectivity index (χ3n) is 2.82. The molecule has 0 amide bonds. The van der Waals surface area contributed by atoms with E-state index in [-0.39, 0.29) is 23.9 Å². The van der Waals surface area contributed by atoms with Crippen LogP contribution in [-0.4, -0.2) is 22.5 Å². The monoisotopic (exact) mass is 308 g/mol. The molecule has 0 fully saturated rings. The van der Waals surface area contributed by atoms with Gasteiger partial charge in [0, 0.05) is 12.6 Å². The molecular formula is C15H14ClFN2O2. The lowest BCUT2D eigenvalue weighted by molar-refractivity contribution is 0.0524. The molecule has 6 heteroatoms. The van der Waals surface area contributed by atoms with Crippen molar-refractivity contribution >= 4 is 17.6 Å². The number of aromatic nitrogens is 2. The highest BCUT2D eigenvalue weighted by Crippen LogP contribution is 2.13. The van der Waals surface area contributed by atoms with Crippen LogP contribution in [-0.2, 0) is 17.0 Å². The molecule has 110 valence electrons. The fourth-order valence-corrected chi connectivity index (χ4v) is 2.01. The molecule has 0 unspecified atom stereocenters. The number of rotatable bonds is 5. The van der Waals surface area contributed by atoms with Gasteiger partial charge in [-0.25, -0.2) is 19.2 Å². The lowest BCUT2D eigenvalue weighted by Crippen LogP contribution is -2.11. The number of hydrogen-bond acceptors (Lipinski definition) is 4. The first-order chi connectivity index (χ1) is 10.1. The van der Waals surface area contributed by atoms with E-state index in [2.05, 4.69) is 9.97 Å². The quantitative estimate of drug-likeness (QED) is 0.629. The third kappa shape index (κ3) is 3.98. The van der Waals surface area contributed by atoms with Crippen LogP contribution < -0.4 is 0 Å². The van der Waals surface area contributed by atoms with E-state index in [1.807, 2.05) is 0 Å². The normalized spacial score (nSPS) is 10.4. The van der Waals surface area contributed by atoms with E-state index in [0.717, 1.165) is 5.56 Å². The Labute approximate surface area is 126 Å². The Kier molecular flexibility index (Phi) is 5.22. The smallest absolute Gasteiger partial charge is 0.341 e. The maximum atomic E-state index is 12.9. The maximum Gasteiger partial charge on any atom is 0.341 e. The molecular weight excluding hydrogens is 295 g/mol. The lowest BCUT2D eigenvalue weighted by Gasteiger charge is -2.07. The summed E-state index contributed by atoms with van der Waals surface area (Å²) in [4.78, 5) is 20.1. The van der Waals surface area contributed by atoms with Crippen molar-refractivity contribution < 1.29 is 13.9 Å². The first-order valence-corrected chi connectivity index (χ1v) is 6.99. The van der Waals surface area contributed by atoms with Crippen LogP contribution in [0.4, 0.5) is 4.39 Å². The number of ether oxygens (including phenoxy) is 1. The predicted molar refractivity (Wildman–Crippen MR) is 76.8 cm³/mol. The number of carbonyl (C=O) groups is 1. The molecule has 0 bridgehead atoms. The molecule has 1 heterocycles. The van der Waals surface area contributed by atoms with Gasteiger partial charge in [0.05, 0.1) is 18.2 Å². The zero-order valence-electron chi connectivity index (χ0n) is 11.5. The molecule has 4 nitrogen and oxygen atoms in total. The summed E-state index contributed by atoms with van der Waals surface area (Å²) in [6.07, 6.45) is 1.86. The van der Waals surface area contributed by atoms with Gasteiger partial charge in [0.15, 0.2) is 0 Å². The molecule has 1 aromatic carbocycles. The Morgan fingerprint density at radius 1 is 1.33 bits per heavy atom.